The summed E-state index contributed by atoms with van der Waals surface area (Å²) in [6, 6.07) is 17.6. The molecule has 0 saturated carbocycles. The number of hydrogen-bond donors (Lipinski definition) is 0. The molecule has 0 aliphatic carbocycles. The van der Waals surface area contributed by atoms with E-state index in [1.807, 2.05) is 68.4 Å². The average Bonchev–Trinajstić information content (AvgIpc) is 3.03. The van der Waals surface area contributed by atoms with Crippen molar-refractivity contribution < 1.29 is 19.0 Å². The lowest BCUT2D eigenvalue weighted by Crippen LogP contribution is -2.26. The number of hydrogen-bond acceptors (Lipinski definition) is 4. The number of rotatable bonds is 6. The second-order valence-corrected chi connectivity index (χ2v) is 6.47. The maximum Gasteiger partial charge on any atom is 0.310 e. The van der Waals surface area contributed by atoms with Crippen molar-refractivity contribution in [3.63, 3.8) is 0 Å². The Morgan fingerprint density at radius 1 is 1.08 bits per heavy atom. The van der Waals surface area contributed by atoms with E-state index in [9.17, 15) is 4.79 Å². The first-order valence-corrected chi connectivity index (χ1v) is 8.66. The monoisotopic (exact) mass is 340 g/mol. The highest BCUT2D eigenvalue weighted by Gasteiger charge is 2.35. The van der Waals surface area contributed by atoms with Crippen LogP contribution in [-0.2, 0) is 37.6 Å². The Labute approximate surface area is 148 Å². The van der Waals surface area contributed by atoms with Crippen molar-refractivity contribution in [1.29, 1.82) is 0 Å². The molecule has 1 unspecified atom stereocenters. The minimum absolute atomic E-state index is 0.212. The van der Waals surface area contributed by atoms with Crippen molar-refractivity contribution in [3.05, 3.63) is 71.3 Å². The maximum atomic E-state index is 12.1. The number of carbonyl (C=O) groups excluding carboxylic acids is 1. The Bertz CT molecular complexity index is 705. The van der Waals surface area contributed by atoms with Crippen LogP contribution in [0.1, 0.15) is 30.5 Å². The molecule has 0 radical (unpaired) electrons. The average molecular weight is 340 g/mol. The second-order valence-electron chi connectivity index (χ2n) is 6.47. The van der Waals surface area contributed by atoms with Gasteiger partial charge in [0.1, 0.15) is 6.10 Å². The lowest BCUT2D eigenvalue weighted by atomic mass is 9.96. The molecule has 1 saturated heterocycles. The quantitative estimate of drug-likeness (QED) is 0.754. The minimum atomic E-state index is -0.718. The first kappa shape index (κ1) is 17.6. The van der Waals surface area contributed by atoms with Crippen molar-refractivity contribution in [1.82, 2.24) is 0 Å². The zero-order valence-corrected chi connectivity index (χ0v) is 14.7. The SMILES string of the molecule is CC(Cc1ccccc1C1(C)OCCO1)OC(=O)Cc1ccccc1. The molecule has 4 heteroatoms. The molecule has 132 valence electrons. The lowest BCUT2D eigenvalue weighted by molar-refractivity contribution is -0.150. The van der Waals surface area contributed by atoms with Crippen LogP contribution in [0.3, 0.4) is 0 Å². The van der Waals surface area contributed by atoms with Crippen molar-refractivity contribution >= 4 is 5.97 Å². The molecule has 0 N–H and O–H groups in total. The third-order valence-electron chi connectivity index (χ3n) is 4.38. The Morgan fingerprint density at radius 2 is 1.72 bits per heavy atom. The van der Waals surface area contributed by atoms with Crippen molar-refractivity contribution in [2.24, 2.45) is 0 Å². The molecular formula is C21H24O4. The molecule has 0 amide bonds. The molecular weight excluding hydrogens is 316 g/mol. The predicted molar refractivity (Wildman–Crippen MR) is 95.1 cm³/mol. The molecule has 25 heavy (non-hydrogen) atoms. The molecule has 2 aromatic carbocycles. The van der Waals surface area contributed by atoms with Gasteiger partial charge < -0.3 is 14.2 Å². The van der Waals surface area contributed by atoms with E-state index in [-0.39, 0.29) is 18.5 Å². The molecule has 1 fully saturated rings. The lowest BCUT2D eigenvalue weighted by Gasteiger charge is -2.26. The van der Waals surface area contributed by atoms with Crippen LogP contribution in [0.4, 0.5) is 0 Å². The van der Waals surface area contributed by atoms with Crippen LogP contribution in [0.15, 0.2) is 54.6 Å². The Morgan fingerprint density at radius 3 is 2.44 bits per heavy atom. The molecule has 0 spiro atoms. The van der Waals surface area contributed by atoms with Crippen LogP contribution in [-0.4, -0.2) is 25.3 Å². The Balaban J connectivity index is 1.63. The fourth-order valence-electron chi connectivity index (χ4n) is 3.19. The number of esters is 1. The van der Waals surface area contributed by atoms with E-state index in [1.54, 1.807) is 0 Å². The van der Waals surface area contributed by atoms with Crippen LogP contribution in [0.2, 0.25) is 0 Å². The standard InChI is InChI=1S/C21H24O4/c1-16(25-20(22)15-17-8-4-3-5-9-17)14-18-10-6-7-11-19(18)21(2)23-12-13-24-21/h3-11,16H,12-15H2,1-2H3. The van der Waals surface area contributed by atoms with E-state index in [2.05, 4.69) is 0 Å². The fourth-order valence-corrected chi connectivity index (χ4v) is 3.19. The zero-order chi connectivity index (χ0) is 17.7. The van der Waals surface area contributed by atoms with E-state index in [4.69, 9.17) is 14.2 Å². The molecule has 0 aromatic heterocycles. The Hall–Kier alpha value is -2.17. The summed E-state index contributed by atoms with van der Waals surface area (Å²) in [6.07, 6.45) is 0.692. The zero-order valence-electron chi connectivity index (χ0n) is 14.7. The van der Waals surface area contributed by atoms with E-state index in [0.717, 1.165) is 16.7 Å². The van der Waals surface area contributed by atoms with Gasteiger partial charge in [0.2, 0.25) is 0 Å². The van der Waals surface area contributed by atoms with Gasteiger partial charge in [-0.1, -0.05) is 54.6 Å². The van der Waals surface area contributed by atoms with Crippen molar-refractivity contribution in [3.8, 4) is 0 Å². The number of ether oxygens (including phenoxy) is 3. The summed E-state index contributed by atoms with van der Waals surface area (Å²) in [5, 5.41) is 0. The first-order valence-electron chi connectivity index (χ1n) is 8.66. The smallest absolute Gasteiger partial charge is 0.310 e. The summed E-state index contributed by atoms with van der Waals surface area (Å²) >= 11 is 0. The summed E-state index contributed by atoms with van der Waals surface area (Å²) in [6.45, 7) is 5.03. The predicted octanol–water partition coefficient (Wildman–Crippen LogP) is 3.62. The van der Waals surface area contributed by atoms with Gasteiger partial charge in [-0.25, -0.2) is 0 Å². The Kier molecular flexibility index (Phi) is 5.51. The third kappa shape index (κ3) is 4.47. The largest absolute Gasteiger partial charge is 0.462 e. The third-order valence-corrected chi connectivity index (χ3v) is 4.38. The number of carbonyl (C=O) groups is 1. The molecule has 2 aromatic rings. The van der Waals surface area contributed by atoms with Gasteiger partial charge in [-0.05, 0) is 25.0 Å². The van der Waals surface area contributed by atoms with Gasteiger partial charge in [0.05, 0.1) is 19.6 Å². The minimum Gasteiger partial charge on any atom is -0.462 e. The van der Waals surface area contributed by atoms with Crippen molar-refractivity contribution in [2.75, 3.05) is 13.2 Å². The summed E-state index contributed by atoms with van der Waals surface area (Å²) in [5.74, 6) is -0.930. The molecule has 4 nitrogen and oxygen atoms in total. The van der Waals surface area contributed by atoms with Gasteiger partial charge in [-0.3, -0.25) is 4.79 Å². The summed E-state index contributed by atoms with van der Waals surface area (Å²) < 4.78 is 17.1. The molecule has 1 atom stereocenters. The fraction of sp³-hybridized carbons (Fsp3) is 0.381. The molecule has 0 bridgehead atoms. The van der Waals surface area contributed by atoms with E-state index < -0.39 is 5.79 Å². The molecule has 1 aliphatic heterocycles. The first-order chi connectivity index (χ1) is 12.1. The normalized spacial score (nSPS) is 17.2. The van der Waals surface area contributed by atoms with Gasteiger partial charge in [-0.2, -0.15) is 0 Å². The summed E-state index contributed by atoms with van der Waals surface area (Å²) in [7, 11) is 0. The number of benzene rings is 2. The van der Waals surface area contributed by atoms with Gasteiger partial charge in [0, 0.05) is 12.0 Å². The summed E-state index contributed by atoms with van der Waals surface area (Å²) in [5.41, 5.74) is 3.03. The molecule has 1 aliphatic rings. The highest BCUT2D eigenvalue weighted by atomic mass is 16.7. The van der Waals surface area contributed by atoms with Crippen LogP contribution >= 0.6 is 0 Å². The summed E-state index contributed by atoms with van der Waals surface area (Å²) in [4.78, 5) is 12.1. The molecule has 1 heterocycles. The van der Waals surface area contributed by atoms with Crippen molar-refractivity contribution in [2.45, 2.75) is 38.6 Å². The molecule has 3 rings (SSSR count). The van der Waals surface area contributed by atoms with Gasteiger partial charge >= 0.3 is 5.97 Å². The van der Waals surface area contributed by atoms with Gasteiger partial charge in [-0.15, -0.1) is 0 Å². The topological polar surface area (TPSA) is 44.8 Å². The van der Waals surface area contributed by atoms with Crippen LogP contribution in [0, 0.1) is 0 Å². The van der Waals surface area contributed by atoms with Gasteiger partial charge in [0.25, 0.3) is 0 Å². The van der Waals surface area contributed by atoms with E-state index >= 15 is 0 Å². The van der Waals surface area contributed by atoms with E-state index in [1.165, 1.54) is 0 Å². The van der Waals surface area contributed by atoms with Crippen LogP contribution in [0.25, 0.3) is 0 Å². The van der Waals surface area contributed by atoms with E-state index in [0.29, 0.717) is 19.6 Å². The van der Waals surface area contributed by atoms with Crippen LogP contribution in [0.5, 0.6) is 0 Å². The van der Waals surface area contributed by atoms with Crippen LogP contribution < -0.4 is 0 Å². The maximum absolute atomic E-state index is 12.1. The van der Waals surface area contributed by atoms with Gasteiger partial charge in [0.15, 0.2) is 5.79 Å². The highest BCUT2D eigenvalue weighted by molar-refractivity contribution is 5.72. The second kappa shape index (κ2) is 7.81. The highest BCUT2D eigenvalue weighted by Crippen LogP contribution is 2.33.